The van der Waals surface area contributed by atoms with Gasteiger partial charge in [-0.3, -0.25) is 4.79 Å². The van der Waals surface area contributed by atoms with Crippen molar-refractivity contribution in [2.24, 2.45) is 5.73 Å². The second-order valence-electron chi connectivity index (χ2n) is 7.87. The zero-order valence-corrected chi connectivity index (χ0v) is 20.6. The van der Waals surface area contributed by atoms with Crippen molar-refractivity contribution in [3.8, 4) is 45.4 Å². The topological polar surface area (TPSA) is 146 Å². The first-order chi connectivity index (χ1) is 17.0. The van der Waals surface area contributed by atoms with Gasteiger partial charge in [-0.25, -0.2) is 0 Å². The highest BCUT2D eigenvalue weighted by Crippen LogP contribution is 2.44. The Morgan fingerprint density at radius 2 is 1.69 bits per heavy atom. The number of unbranched alkanes of at least 4 members (excludes halogenated alkanes) is 1. The Labute approximate surface area is 204 Å². The van der Waals surface area contributed by atoms with Crippen LogP contribution in [0.1, 0.15) is 19.3 Å². The van der Waals surface area contributed by atoms with Gasteiger partial charge < -0.3 is 40.3 Å². The highest BCUT2D eigenvalue weighted by atomic mass is 16.5. The normalized spacial score (nSPS) is 11.6. The van der Waals surface area contributed by atoms with Crippen molar-refractivity contribution in [3.63, 3.8) is 0 Å². The molecule has 0 radical (unpaired) electrons. The molecule has 1 aromatic heterocycles. The van der Waals surface area contributed by atoms with E-state index in [-0.39, 0.29) is 5.91 Å². The van der Waals surface area contributed by atoms with Crippen LogP contribution in [-0.4, -0.2) is 52.1 Å². The van der Waals surface area contributed by atoms with Crippen molar-refractivity contribution >= 4 is 11.6 Å². The maximum Gasteiger partial charge on any atom is 0.282 e. The molecule has 0 bridgehead atoms. The fraction of sp³-hybridized carbons (Fsp3) is 0.360. The van der Waals surface area contributed by atoms with Gasteiger partial charge in [0, 0.05) is 17.5 Å². The molecule has 35 heavy (non-hydrogen) atoms. The molecule has 1 heterocycles. The van der Waals surface area contributed by atoms with E-state index >= 15 is 0 Å². The average Bonchev–Trinajstić information content (AvgIpc) is 3.37. The van der Waals surface area contributed by atoms with Gasteiger partial charge in [-0.15, -0.1) is 0 Å². The molecule has 6 N–H and O–H groups in total. The Morgan fingerprint density at radius 3 is 2.29 bits per heavy atom. The van der Waals surface area contributed by atoms with Crippen molar-refractivity contribution in [1.29, 1.82) is 0 Å². The van der Waals surface area contributed by atoms with Gasteiger partial charge in [0.25, 0.3) is 5.91 Å². The molecule has 0 saturated heterocycles. The van der Waals surface area contributed by atoms with E-state index in [0.29, 0.717) is 58.5 Å². The number of nitrogens with one attached hydrogen (secondary N) is 1. The van der Waals surface area contributed by atoms with Crippen LogP contribution in [0.15, 0.2) is 41.1 Å². The van der Waals surface area contributed by atoms with Gasteiger partial charge in [0.1, 0.15) is 5.75 Å². The van der Waals surface area contributed by atoms with Crippen LogP contribution in [0.2, 0.25) is 0 Å². The molecule has 0 spiro atoms. The number of quaternary nitrogens is 1. The highest BCUT2D eigenvalue weighted by Gasteiger charge is 2.22. The summed E-state index contributed by atoms with van der Waals surface area (Å²) in [6.07, 6.45) is 3.97. The van der Waals surface area contributed by atoms with E-state index in [0.717, 1.165) is 18.4 Å². The maximum atomic E-state index is 12.7. The number of rotatable bonds is 12. The molecule has 0 aliphatic rings. The lowest BCUT2D eigenvalue weighted by atomic mass is 10.0. The summed E-state index contributed by atoms with van der Waals surface area (Å²) >= 11 is 0. The number of hydrogen-bond donors (Lipinski definition) is 3. The summed E-state index contributed by atoms with van der Waals surface area (Å²) in [6.45, 7) is 0.594. The third-order valence-corrected chi connectivity index (χ3v) is 5.64. The zero-order valence-electron chi connectivity index (χ0n) is 20.6. The largest absolute Gasteiger partial charge is 0.495 e. The summed E-state index contributed by atoms with van der Waals surface area (Å²) in [5, 5.41) is 6.94. The number of nitrogens with zero attached hydrogens (tertiary/aromatic N) is 1. The summed E-state index contributed by atoms with van der Waals surface area (Å²) in [4.78, 5) is 12.7. The molecule has 3 aromatic rings. The molecule has 1 unspecified atom stereocenters. The second kappa shape index (κ2) is 12.1. The molecule has 1 atom stereocenters. The van der Waals surface area contributed by atoms with E-state index in [1.54, 1.807) is 52.8 Å². The lowest BCUT2D eigenvalue weighted by Gasteiger charge is -2.15. The number of aromatic nitrogens is 1. The van der Waals surface area contributed by atoms with E-state index in [9.17, 15) is 4.79 Å². The quantitative estimate of drug-likeness (QED) is 0.332. The van der Waals surface area contributed by atoms with E-state index in [4.69, 9.17) is 29.2 Å². The van der Waals surface area contributed by atoms with Crippen molar-refractivity contribution in [2.45, 2.75) is 25.3 Å². The van der Waals surface area contributed by atoms with Crippen LogP contribution in [-0.2, 0) is 4.79 Å². The number of amides is 1. The SMILES string of the molecule is COc1ccc(-c2cnoc2-c2cc(OC)c(OC)c(OC)c2)cc1NC(=O)C([NH3+])CCCCN. The minimum absolute atomic E-state index is 0.187. The second-order valence-corrected chi connectivity index (χ2v) is 7.87. The van der Waals surface area contributed by atoms with Gasteiger partial charge in [0.05, 0.1) is 40.3 Å². The van der Waals surface area contributed by atoms with Crippen LogP contribution >= 0.6 is 0 Å². The van der Waals surface area contributed by atoms with Crippen molar-refractivity contribution in [1.82, 2.24) is 5.16 Å². The molecule has 3 rings (SSSR count). The molecular weight excluding hydrogens is 452 g/mol. The van der Waals surface area contributed by atoms with Gasteiger partial charge in [0.2, 0.25) is 5.75 Å². The first kappa shape index (κ1) is 25.9. The summed E-state index contributed by atoms with van der Waals surface area (Å²) in [5.41, 5.74) is 12.2. The van der Waals surface area contributed by atoms with Crippen LogP contribution in [0.25, 0.3) is 22.5 Å². The molecule has 0 saturated carbocycles. The Hall–Kier alpha value is -3.76. The Balaban J connectivity index is 1.96. The van der Waals surface area contributed by atoms with Gasteiger partial charge in [-0.2, -0.15) is 0 Å². The highest BCUT2D eigenvalue weighted by molar-refractivity contribution is 5.96. The number of nitrogens with two attached hydrogens (primary N) is 1. The van der Waals surface area contributed by atoms with E-state index in [2.05, 4.69) is 16.2 Å². The number of benzene rings is 2. The molecule has 2 aromatic carbocycles. The maximum absolute atomic E-state index is 12.7. The van der Waals surface area contributed by atoms with E-state index < -0.39 is 6.04 Å². The summed E-state index contributed by atoms with van der Waals surface area (Å²) in [7, 11) is 6.19. The third-order valence-electron chi connectivity index (χ3n) is 5.64. The standard InChI is InChI=1S/C25H32N4O6/c1-31-20-9-8-15(11-19(20)29-25(30)18(27)7-5-6-10-26)17-14-28-35-23(17)16-12-21(32-2)24(34-4)22(13-16)33-3/h8-9,11-14,18H,5-7,10,26-27H2,1-4H3,(H,29,30)/p+1. The van der Waals surface area contributed by atoms with Crippen molar-refractivity contribution in [2.75, 3.05) is 40.3 Å². The monoisotopic (exact) mass is 485 g/mol. The molecule has 10 heteroatoms. The van der Waals surface area contributed by atoms with E-state index in [1.807, 2.05) is 12.1 Å². The predicted molar refractivity (Wildman–Crippen MR) is 132 cm³/mol. The van der Waals surface area contributed by atoms with Crippen LogP contribution in [0.3, 0.4) is 0 Å². The summed E-state index contributed by atoms with van der Waals surface area (Å²) in [5.74, 6) is 2.30. The lowest BCUT2D eigenvalue weighted by molar-refractivity contribution is -0.404. The number of methoxy groups -OCH3 is 4. The first-order valence-corrected chi connectivity index (χ1v) is 11.2. The summed E-state index contributed by atoms with van der Waals surface area (Å²) < 4.78 is 27.4. The van der Waals surface area contributed by atoms with Gasteiger partial charge in [-0.1, -0.05) is 11.2 Å². The molecule has 0 fully saturated rings. The lowest BCUT2D eigenvalue weighted by Crippen LogP contribution is -2.66. The average molecular weight is 486 g/mol. The van der Waals surface area contributed by atoms with Crippen molar-refractivity contribution in [3.05, 3.63) is 36.5 Å². The first-order valence-electron chi connectivity index (χ1n) is 11.2. The number of anilines is 1. The van der Waals surface area contributed by atoms with E-state index in [1.165, 1.54) is 0 Å². The third kappa shape index (κ3) is 5.84. The number of ether oxygens (including phenoxy) is 4. The molecule has 0 aliphatic carbocycles. The number of carbonyl (C=O) groups excluding carboxylic acids is 1. The van der Waals surface area contributed by atoms with Crippen LogP contribution in [0.4, 0.5) is 5.69 Å². The van der Waals surface area contributed by atoms with Crippen LogP contribution in [0.5, 0.6) is 23.0 Å². The smallest absolute Gasteiger partial charge is 0.282 e. The minimum Gasteiger partial charge on any atom is -0.495 e. The van der Waals surface area contributed by atoms with Crippen LogP contribution < -0.4 is 35.7 Å². The Morgan fingerprint density at radius 1 is 1.00 bits per heavy atom. The number of hydrogen-bond acceptors (Lipinski definition) is 8. The Kier molecular flexibility index (Phi) is 8.93. The number of carbonyl (C=O) groups is 1. The molecule has 0 aliphatic heterocycles. The van der Waals surface area contributed by atoms with Crippen LogP contribution in [0, 0.1) is 0 Å². The minimum atomic E-state index is -0.403. The fourth-order valence-electron chi connectivity index (χ4n) is 3.74. The Bertz CT molecular complexity index is 1120. The molecule has 1 amide bonds. The molecule has 10 nitrogen and oxygen atoms in total. The molecular formula is C25H33N4O6+. The summed E-state index contributed by atoms with van der Waals surface area (Å²) in [6, 6.07) is 8.63. The zero-order chi connectivity index (χ0) is 25.4. The van der Waals surface area contributed by atoms with Crippen molar-refractivity contribution < 1.29 is 34.0 Å². The fourth-order valence-corrected chi connectivity index (χ4v) is 3.74. The van der Waals surface area contributed by atoms with Gasteiger partial charge in [0.15, 0.2) is 23.3 Å². The van der Waals surface area contributed by atoms with Gasteiger partial charge >= 0.3 is 0 Å². The molecule has 188 valence electrons. The van der Waals surface area contributed by atoms with Gasteiger partial charge in [-0.05, 0) is 49.2 Å². The predicted octanol–water partition coefficient (Wildman–Crippen LogP) is 2.72.